The Morgan fingerprint density at radius 1 is 1.28 bits per heavy atom. The molecule has 2 rings (SSSR count). The second kappa shape index (κ2) is 5.38. The second-order valence-corrected chi connectivity index (χ2v) is 4.82. The normalized spacial score (nSPS) is 19.9. The molecule has 0 saturated heterocycles. The second-order valence-electron chi connectivity index (χ2n) is 4.82. The lowest BCUT2D eigenvalue weighted by Crippen LogP contribution is -2.36. The van der Waals surface area contributed by atoms with Crippen LogP contribution in [0.25, 0.3) is 5.70 Å². The molecule has 0 radical (unpaired) electrons. The van der Waals surface area contributed by atoms with Crippen LogP contribution in [0.15, 0.2) is 30.3 Å². The summed E-state index contributed by atoms with van der Waals surface area (Å²) in [5.74, 6) is 0.364. The van der Waals surface area contributed by atoms with Crippen molar-refractivity contribution in [3.8, 4) is 0 Å². The van der Waals surface area contributed by atoms with Gasteiger partial charge in [-0.15, -0.1) is 0 Å². The Hall–Kier alpha value is -1.57. The minimum atomic E-state index is 0.113. The van der Waals surface area contributed by atoms with E-state index in [1.165, 1.54) is 11.1 Å². The molecule has 2 nitrogen and oxygen atoms in total. The van der Waals surface area contributed by atoms with Crippen LogP contribution in [0.3, 0.4) is 0 Å². The first-order valence-corrected chi connectivity index (χ1v) is 6.78. The topological polar surface area (TPSA) is 20.3 Å². The highest BCUT2D eigenvalue weighted by molar-refractivity contribution is 5.91. The number of allylic oxidation sites excluding steroid dienone is 1. The molecule has 1 aromatic carbocycles. The Labute approximate surface area is 109 Å². The van der Waals surface area contributed by atoms with Gasteiger partial charge in [0.2, 0.25) is 5.91 Å². The molecule has 2 heteroatoms. The molecule has 0 aliphatic carbocycles. The summed E-state index contributed by atoms with van der Waals surface area (Å²) in [4.78, 5) is 14.1. The molecule has 1 amide bonds. The summed E-state index contributed by atoms with van der Waals surface area (Å²) in [6, 6.07) is 8.38. The van der Waals surface area contributed by atoms with Crippen LogP contribution >= 0.6 is 0 Å². The van der Waals surface area contributed by atoms with E-state index in [4.69, 9.17) is 0 Å². The zero-order valence-electron chi connectivity index (χ0n) is 11.4. The first-order valence-electron chi connectivity index (χ1n) is 6.78. The van der Waals surface area contributed by atoms with Gasteiger partial charge in [0.15, 0.2) is 0 Å². The van der Waals surface area contributed by atoms with E-state index >= 15 is 0 Å². The van der Waals surface area contributed by atoms with Crippen LogP contribution in [-0.2, 0) is 11.2 Å². The summed E-state index contributed by atoms with van der Waals surface area (Å²) in [6.45, 7) is 6.94. The van der Waals surface area contributed by atoms with Gasteiger partial charge in [-0.1, -0.05) is 44.2 Å². The molecule has 0 bridgehead atoms. The molecule has 0 N–H and O–H groups in total. The molecule has 0 spiro atoms. The Balaban J connectivity index is 2.45. The quantitative estimate of drug-likeness (QED) is 0.796. The number of amides is 1. The van der Waals surface area contributed by atoms with Crippen LogP contribution in [0.5, 0.6) is 0 Å². The first kappa shape index (κ1) is 12.9. The van der Waals surface area contributed by atoms with Crippen LogP contribution in [0.4, 0.5) is 0 Å². The van der Waals surface area contributed by atoms with Gasteiger partial charge >= 0.3 is 0 Å². The SMILES string of the molecule is CCc1ccccc1C1=CCC(C)C(=O)N1CC. The molecule has 1 atom stereocenters. The van der Waals surface area contributed by atoms with Crippen molar-refractivity contribution in [3.63, 3.8) is 0 Å². The molecule has 1 aliphatic heterocycles. The van der Waals surface area contributed by atoms with E-state index in [0.29, 0.717) is 0 Å². The lowest BCUT2D eigenvalue weighted by atomic mass is 9.94. The third-order valence-corrected chi connectivity index (χ3v) is 3.63. The monoisotopic (exact) mass is 243 g/mol. The lowest BCUT2D eigenvalue weighted by molar-refractivity contribution is -0.131. The van der Waals surface area contributed by atoms with Crippen molar-refractivity contribution in [3.05, 3.63) is 41.5 Å². The van der Waals surface area contributed by atoms with E-state index in [1.54, 1.807) is 0 Å². The Bertz CT molecular complexity index is 476. The molecule has 1 heterocycles. The van der Waals surface area contributed by atoms with Gasteiger partial charge in [0.05, 0.1) is 0 Å². The van der Waals surface area contributed by atoms with Crippen LogP contribution < -0.4 is 0 Å². The van der Waals surface area contributed by atoms with Gasteiger partial charge < -0.3 is 4.90 Å². The van der Waals surface area contributed by atoms with Crippen molar-refractivity contribution in [2.45, 2.75) is 33.6 Å². The predicted octanol–water partition coefficient (Wildman–Crippen LogP) is 3.48. The minimum absolute atomic E-state index is 0.113. The van der Waals surface area contributed by atoms with Gasteiger partial charge in [-0.05, 0) is 25.3 Å². The minimum Gasteiger partial charge on any atom is -0.312 e. The van der Waals surface area contributed by atoms with Crippen molar-refractivity contribution in [1.29, 1.82) is 0 Å². The fourth-order valence-corrected chi connectivity index (χ4v) is 2.54. The van der Waals surface area contributed by atoms with E-state index < -0.39 is 0 Å². The number of hydrogen-bond acceptors (Lipinski definition) is 1. The molecule has 0 aromatic heterocycles. The Morgan fingerprint density at radius 3 is 2.67 bits per heavy atom. The first-order chi connectivity index (χ1) is 8.69. The summed E-state index contributed by atoms with van der Waals surface area (Å²) >= 11 is 0. The summed E-state index contributed by atoms with van der Waals surface area (Å²) in [5, 5.41) is 0. The Kier molecular flexibility index (Phi) is 3.85. The van der Waals surface area contributed by atoms with Crippen LogP contribution in [0, 0.1) is 5.92 Å². The summed E-state index contributed by atoms with van der Waals surface area (Å²) < 4.78 is 0. The fourth-order valence-electron chi connectivity index (χ4n) is 2.54. The van der Waals surface area contributed by atoms with Gasteiger partial charge in [-0.25, -0.2) is 0 Å². The molecule has 18 heavy (non-hydrogen) atoms. The number of nitrogens with zero attached hydrogens (tertiary/aromatic N) is 1. The summed E-state index contributed by atoms with van der Waals surface area (Å²) in [7, 11) is 0. The highest BCUT2D eigenvalue weighted by Gasteiger charge is 2.27. The summed E-state index contributed by atoms with van der Waals surface area (Å²) in [5.41, 5.74) is 3.62. The van der Waals surface area contributed by atoms with Crippen molar-refractivity contribution >= 4 is 11.6 Å². The average molecular weight is 243 g/mol. The van der Waals surface area contributed by atoms with Crippen molar-refractivity contribution < 1.29 is 4.79 Å². The third-order valence-electron chi connectivity index (χ3n) is 3.63. The Morgan fingerprint density at radius 2 is 2.00 bits per heavy atom. The zero-order chi connectivity index (χ0) is 13.1. The van der Waals surface area contributed by atoms with E-state index in [1.807, 2.05) is 24.8 Å². The number of benzene rings is 1. The maximum absolute atomic E-state index is 12.2. The molecule has 1 aliphatic rings. The molecule has 1 unspecified atom stereocenters. The zero-order valence-corrected chi connectivity index (χ0v) is 11.4. The standard InChI is InChI=1S/C16H21NO/c1-4-13-8-6-7-9-14(13)15-11-10-12(3)16(18)17(15)5-2/h6-9,11-12H,4-5,10H2,1-3H3. The smallest absolute Gasteiger partial charge is 0.230 e. The van der Waals surface area contributed by atoms with Gasteiger partial charge in [0.1, 0.15) is 0 Å². The maximum Gasteiger partial charge on any atom is 0.230 e. The largest absolute Gasteiger partial charge is 0.312 e. The molecular weight excluding hydrogens is 222 g/mol. The van der Waals surface area contributed by atoms with Crippen LogP contribution in [-0.4, -0.2) is 17.4 Å². The lowest BCUT2D eigenvalue weighted by Gasteiger charge is -2.32. The third kappa shape index (κ3) is 2.20. The van der Waals surface area contributed by atoms with Crippen molar-refractivity contribution in [2.75, 3.05) is 6.54 Å². The fraction of sp³-hybridized carbons (Fsp3) is 0.438. The number of carbonyl (C=O) groups excluding carboxylic acids is 1. The number of aryl methyl sites for hydroxylation is 1. The maximum atomic E-state index is 12.2. The molecule has 1 aromatic rings. The van der Waals surface area contributed by atoms with Crippen molar-refractivity contribution in [1.82, 2.24) is 4.90 Å². The van der Waals surface area contributed by atoms with Gasteiger partial charge in [0, 0.05) is 23.7 Å². The highest BCUT2D eigenvalue weighted by Crippen LogP contribution is 2.30. The van der Waals surface area contributed by atoms with E-state index in [2.05, 4.69) is 31.2 Å². The average Bonchev–Trinajstić information content (AvgIpc) is 2.41. The van der Waals surface area contributed by atoms with Gasteiger partial charge in [-0.3, -0.25) is 4.79 Å². The molecule has 0 fully saturated rings. The number of carbonyl (C=O) groups is 1. The van der Waals surface area contributed by atoms with E-state index in [-0.39, 0.29) is 11.8 Å². The predicted molar refractivity (Wildman–Crippen MR) is 75.0 cm³/mol. The number of rotatable bonds is 3. The molecular formula is C16H21NO. The van der Waals surface area contributed by atoms with E-state index in [9.17, 15) is 4.79 Å². The molecule has 96 valence electrons. The van der Waals surface area contributed by atoms with Gasteiger partial charge in [-0.2, -0.15) is 0 Å². The van der Waals surface area contributed by atoms with Gasteiger partial charge in [0.25, 0.3) is 0 Å². The van der Waals surface area contributed by atoms with E-state index in [0.717, 1.165) is 25.1 Å². The number of hydrogen-bond donors (Lipinski definition) is 0. The highest BCUT2D eigenvalue weighted by atomic mass is 16.2. The van der Waals surface area contributed by atoms with Crippen LogP contribution in [0.2, 0.25) is 0 Å². The summed E-state index contributed by atoms with van der Waals surface area (Å²) in [6.07, 6.45) is 4.06. The van der Waals surface area contributed by atoms with Crippen LogP contribution in [0.1, 0.15) is 38.3 Å². The van der Waals surface area contributed by atoms with Crippen molar-refractivity contribution in [2.24, 2.45) is 5.92 Å². The molecule has 0 saturated carbocycles.